The first-order valence-corrected chi connectivity index (χ1v) is 8.06. The van der Waals surface area contributed by atoms with E-state index in [0.717, 1.165) is 6.54 Å². The van der Waals surface area contributed by atoms with E-state index >= 15 is 0 Å². The third kappa shape index (κ3) is 2.82. The van der Waals surface area contributed by atoms with Crippen molar-refractivity contribution in [3.63, 3.8) is 0 Å². The minimum Gasteiger partial charge on any atom is -0.355 e. The summed E-state index contributed by atoms with van der Waals surface area (Å²) in [6.45, 7) is 5.77. The largest absolute Gasteiger partial charge is 0.355 e. The van der Waals surface area contributed by atoms with E-state index in [2.05, 4.69) is 10.6 Å². The molecule has 0 aromatic rings. The molecular weight excluding hydrogens is 284 g/mol. The van der Waals surface area contributed by atoms with Crippen LogP contribution in [0.3, 0.4) is 0 Å². The average Bonchev–Trinajstić information content (AvgIpc) is 3.13. The Morgan fingerprint density at radius 1 is 1.41 bits per heavy atom. The molecule has 3 aliphatic rings. The minimum atomic E-state index is -0.835. The predicted molar refractivity (Wildman–Crippen MR) is 80.0 cm³/mol. The van der Waals surface area contributed by atoms with Gasteiger partial charge in [-0.25, -0.2) is 4.79 Å². The number of carbonyl (C=O) groups excluding carboxylic acids is 3. The van der Waals surface area contributed by atoms with Gasteiger partial charge in [0.2, 0.25) is 5.91 Å². The highest BCUT2D eigenvalue weighted by Crippen LogP contribution is 2.30. The third-order valence-corrected chi connectivity index (χ3v) is 4.71. The van der Waals surface area contributed by atoms with Crippen LogP contribution in [-0.4, -0.2) is 65.4 Å². The Bertz CT molecular complexity index is 503. The van der Waals surface area contributed by atoms with Crippen LogP contribution in [-0.2, 0) is 9.59 Å². The number of hydrogen-bond acceptors (Lipinski definition) is 4. The smallest absolute Gasteiger partial charge is 0.325 e. The van der Waals surface area contributed by atoms with Crippen LogP contribution >= 0.6 is 0 Å². The molecule has 1 saturated carbocycles. The highest BCUT2D eigenvalue weighted by molar-refractivity contribution is 6.07. The Morgan fingerprint density at radius 3 is 2.73 bits per heavy atom. The molecule has 2 aliphatic heterocycles. The maximum Gasteiger partial charge on any atom is 0.325 e. The van der Waals surface area contributed by atoms with E-state index < -0.39 is 5.54 Å². The van der Waals surface area contributed by atoms with Crippen molar-refractivity contribution in [2.24, 2.45) is 5.92 Å². The zero-order valence-electron chi connectivity index (χ0n) is 13.2. The molecule has 3 fully saturated rings. The van der Waals surface area contributed by atoms with Gasteiger partial charge in [-0.05, 0) is 39.0 Å². The molecule has 4 amide bonds. The lowest BCUT2D eigenvalue weighted by atomic mass is 9.98. The van der Waals surface area contributed by atoms with Crippen LogP contribution in [0.1, 0.15) is 33.1 Å². The first-order chi connectivity index (χ1) is 10.4. The molecule has 3 rings (SSSR count). The average molecular weight is 308 g/mol. The second kappa shape index (κ2) is 5.53. The summed E-state index contributed by atoms with van der Waals surface area (Å²) in [5.74, 6) is 0.499. The van der Waals surface area contributed by atoms with Crippen LogP contribution < -0.4 is 10.6 Å². The van der Waals surface area contributed by atoms with Crippen LogP contribution in [0, 0.1) is 5.92 Å². The molecule has 22 heavy (non-hydrogen) atoms. The molecule has 7 heteroatoms. The number of nitrogens with zero attached hydrogens (tertiary/aromatic N) is 2. The van der Waals surface area contributed by atoms with E-state index in [-0.39, 0.29) is 23.9 Å². The fourth-order valence-corrected chi connectivity index (χ4v) is 3.25. The van der Waals surface area contributed by atoms with Crippen molar-refractivity contribution in [3.05, 3.63) is 0 Å². The molecule has 7 nitrogen and oxygen atoms in total. The van der Waals surface area contributed by atoms with Crippen LogP contribution in [0.15, 0.2) is 0 Å². The topological polar surface area (TPSA) is 81.8 Å². The number of likely N-dealkylation sites (tertiary alicyclic amines) is 1. The lowest BCUT2D eigenvalue weighted by Crippen LogP contribution is -2.50. The zero-order chi connectivity index (χ0) is 15.9. The van der Waals surface area contributed by atoms with Crippen molar-refractivity contribution in [3.8, 4) is 0 Å². The summed E-state index contributed by atoms with van der Waals surface area (Å²) in [7, 11) is 0. The van der Waals surface area contributed by atoms with Gasteiger partial charge in [0.15, 0.2) is 0 Å². The van der Waals surface area contributed by atoms with Gasteiger partial charge in [-0.15, -0.1) is 0 Å². The van der Waals surface area contributed by atoms with E-state index in [1.54, 1.807) is 0 Å². The summed E-state index contributed by atoms with van der Waals surface area (Å²) in [6.07, 6.45) is 2.98. The fraction of sp³-hybridized carbons (Fsp3) is 0.800. The van der Waals surface area contributed by atoms with Gasteiger partial charge in [0.1, 0.15) is 5.54 Å². The summed E-state index contributed by atoms with van der Waals surface area (Å²) in [6, 6.07) is -0.470. The highest BCUT2D eigenvalue weighted by atomic mass is 16.2. The van der Waals surface area contributed by atoms with Gasteiger partial charge in [0.05, 0.1) is 6.54 Å². The van der Waals surface area contributed by atoms with E-state index in [1.807, 2.05) is 18.7 Å². The summed E-state index contributed by atoms with van der Waals surface area (Å²) >= 11 is 0. The van der Waals surface area contributed by atoms with Gasteiger partial charge in [0, 0.05) is 25.7 Å². The van der Waals surface area contributed by atoms with Crippen LogP contribution in [0.25, 0.3) is 0 Å². The standard InChI is InChI=1S/C15H24N4O3/c1-10(2)19-13(21)15(17-14(19)22)5-6-18(9-15)8-12(20)16-7-11-3-4-11/h10-11H,3-9H2,1-2H3,(H,16,20)(H,17,22). The van der Waals surface area contributed by atoms with E-state index in [0.29, 0.717) is 32.0 Å². The number of rotatable bonds is 5. The number of urea groups is 1. The monoisotopic (exact) mass is 308 g/mol. The number of carbonyl (C=O) groups is 3. The normalized spacial score (nSPS) is 28.8. The maximum absolute atomic E-state index is 12.6. The third-order valence-electron chi connectivity index (χ3n) is 4.71. The molecule has 2 saturated heterocycles. The molecular formula is C15H24N4O3. The van der Waals surface area contributed by atoms with Gasteiger partial charge in [-0.2, -0.15) is 0 Å². The number of hydrogen-bond donors (Lipinski definition) is 2. The van der Waals surface area contributed by atoms with Crippen molar-refractivity contribution in [2.75, 3.05) is 26.2 Å². The van der Waals surface area contributed by atoms with Gasteiger partial charge in [0.25, 0.3) is 5.91 Å². The molecule has 0 bridgehead atoms. The molecule has 1 spiro atoms. The second-order valence-electron chi connectivity index (χ2n) is 6.99. The summed E-state index contributed by atoms with van der Waals surface area (Å²) in [4.78, 5) is 39.7. The highest BCUT2D eigenvalue weighted by Gasteiger charge is 2.55. The van der Waals surface area contributed by atoms with Crippen LogP contribution in [0.5, 0.6) is 0 Å². The second-order valence-corrected chi connectivity index (χ2v) is 6.99. The predicted octanol–water partition coefficient (Wildman–Crippen LogP) is -0.0827. The Hall–Kier alpha value is -1.63. The molecule has 0 aromatic carbocycles. The first kappa shape index (κ1) is 15.3. The lowest BCUT2D eigenvalue weighted by molar-refractivity contribution is -0.132. The molecule has 122 valence electrons. The molecule has 2 N–H and O–H groups in total. The Balaban J connectivity index is 1.56. The molecule has 0 aromatic heterocycles. The number of imide groups is 1. The quantitative estimate of drug-likeness (QED) is 0.696. The van der Waals surface area contributed by atoms with E-state index in [1.165, 1.54) is 17.7 Å². The first-order valence-electron chi connectivity index (χ1n) is 8.06. The van der Waals surface area contributed by atoms with Crippen molar-refractivity contribution < 1.29 is 14.4 Å². The SMILES string of the molecule is CC(C)N1C(=O)NC2(CCN(CC(=O)NCC3CC3)C2)C1=O. The van der Waals surface area contributed by atoms with Gasteiger partial charge >= 0.3 is 6.03 Å². The number of amides is 4. The maximum atomic E-state index is 12.6. The molecule has 1 aliphatic carbocycles. The molecule has 1 atom stereocenters. The van der Waals surface area contributed by atoms with E-state index in [9.17, 15) is 14.4 Å². The van der Waals surface area contributed by atoms with Crippen molar-refractivity contribution >= 4 is 17.8 Å². The molecule has 0 radical (unpaired) electrons. The lowest BCUT2D eigenvalue weighted by Gasteiger charge is -2.23. The van der Waals surface area contributed by atoms with Gasteiger partial charge in [-0.3, -0.25) is 19.4 Å². The summed E-state index contributed by atoms with van der Waals surface area (Å²) in [5.41, 5.74) is -0.835. The summed E-state index contributed by atoms with van der Waals surface area (Å²) < 4.78 is 0. The zero-order valence-corrected chi connectivity index (χ0v) is 13.2. The minimum absolute atomic E-state index is 0.00133. The van der Waals surface area contributed by atoms with Crippen molar-refractivity contribution in [1.29, 1.82) is 0 Å². The number of nitrogens with one attached hydrogen (secondary N) is 2. The van der Waals surface area contributed by atoms with Gasteiger partial charge < -0.3 is 10.6 Å². The van der Waals surface area contributed by atoms with Crippen molar-refractivity contribution in [1.82, 2.24) is 20.4 Å². The Labute approximate surface area is 130 Å². The summed E-state index contributed by atoms with van der Waals surface area (Å²) in [5, 5.41) is 5.77. The van der Waals surface area contributed by atoms with Crippen LogP contribution in [0.2, 0.25) is 0 Å². The Morgan fingerprint density at radius 2 is 2.14 bits per heavy atom. The molecule has 1 unspecified atom stereocenters. The van der Waals surface area contributed by atoms with Crippen molar-refractivity contribution in [2.45, 2.75) is 44.7 Å². The van der Waals surface area contributed by atoms with Crippen LogP contribution in [0.4, 0.5) is 4.79 Å². The fourth-order valence-electron chi connectivity index (χ4n) is 3.25. The van der Waals surface area contributed by atoms with Gasteiger partial charge in [-0.1, -0.05) is 0 Å². The molecule has 2 heterocycles. The van der Waals surface area contributed by atoms with E-state index in [4.69, 9.17) is 0 Å². The Kier molecular flexibility index (Phi) is 3.84.